The number of nitrogens with one attached hydrogen (secondary N) is 1. The fourth-order valence-electron chi connectivity index (χ4n) is 9.08. The predicted molar refractivity (Wildman–Crippen MR) is 319 cm³/mol. The first kappa shape index (κ1) is 71.6. The van der Waals surface area contributed by atoms with Crippen molar-refractivity contribution in [3.63, 3.8) is 0 Å². The van der Waals surface area contributed by atoms with Gasteiger partial charge in [0.05, 0.1) is 25.4 Å². The molecule has 1 saturated heterocycles. The van der Waals surface area contributed by atoms with Crippen LogP contribution in [0, 0.1) is 0 Å². The molecule has 1 aliphatic heterocycles. The number of amides is 1. The minimum Gasteiger partial charge on any atom is -0.454 e. The Labute approximate surface area is 469 Å². The minimum absolute atomic E-state index is 0.0951. The summed E-state index contributed by atoms with van der Waals surface area (Å²) in [5.41, 5.74) is 0. The molecule has 0 spiro atoms. The quantitative estimate of drug-likeness (QED) is 0.0149. The van der Waals surface area contributed by atoms with Crippen LogP contribution in [-0.4, -0.2) is 99.6 Å². The highest BCUT2D eigenvalue weighted by molar-refractivity contribution is 5.80. The Kier molecular flexibility index (Phi) is 49.5. The zero-order valence-electron chi connectivity index (χ0n) is 48.8. The van der Waals surface area contributed by atoms with E-state index in [-0.39, 0.29) is 19.4 Å². The van der Waals surface area contributed by atoms with E-state index in [0.717, 1.165) is 122 Å². The summed E-state index contributed by atoms with van der Waals surface area (Å²) in [6.07, 6.45) is 60.0. The van der Waals surface area contributed by atoms with Crippen LogP contribution in [0.3, 0.4) is 0 Å². The van der Waals surface area contributed by atoms with Crippen molar-refractivity contribution in [3.8, 4) is 0 Å². The smallest absolute Gasteiger partial charge is 0.306 e. The fourth-order valence-corrected chi connectivity index (χ4v) is 9.08. The largest absolute Gasteiger partial charge is 0.454 e. The minimum atomic E-state index is -1.63. The van der Waals surface area contributed by atoms with Gasteiger partial charge in [0.15, 0.2) is 12.4 Å². The summed E-state index contributed by atoms with van der Waals surface area (Å²) in [4.78, 5) is 26.5. The van der Waals surface area contributed by atoms with Crippen molar-refractivity contribution >= 4 is 11.9 Å². The molecule has 1 aliphatic rings. The van der Waals surface area contributed by atoms with Crippen molar-refractivity contribution in [1.29, 1.82) is 0 Å². The SMILES string of the molecule is CC/C=C\C/C=C\C/C=C\C/C=C\C/C=C\CCCCCCCC(=O)OC1C(OCC(NC(=O)C(O)CCCCCCC/C=C/C=C/CCCCC)C(O)/C=C/CCCCCCCCCCCCC)OC(CO)C(O)C1O. The standard InChI is InChI=1S/C66H113NO10/c1-4-7-10-13-16-19-22-25-27-28-29-30-31-32-33-36-39-42-45-48-51-54-61(71)77-64-63(73)62(72)60(55-68)76-66(64)75-56-57(58(69)52-49-46-43-40-37-34-24-21-18-15-12-9-6-3)67-65(74)59(70)53-50-47-44-41-38-35-26-23-20-17-14-11-8-5-2/h7,10,16-17,19-20,23,25-27,29-30,32-33,49,52,57-60,62-64,66,68-70,72-73H,4-6,8-9,11-15,18,21-22,24,28,31,34-48,50-51,53-56H2,1-3H3,(H,67,74)/b10-7-,19-16-,20-17+,26-23+,27-25-,30-29-,33-32-,52-49+. The molecule has 0 saturated carbocycles. The summed E-state index contributed by atoms with van der Waals surface area (Å²) >= 11 is 0. The van der Waals surface area contributed by atoms with Gasteiger partial charge < -0.3 is 45.1 Å². The number of unbranched alkanes of at least 4 members (excludes halogenated alkanes) is 24. The normalized spacial score (nSPS) is 19.7. The van der Waals surface area contributed by atoms with E-state index in [1.165, 1.54) is 77.0 Å². The first-order valence-corrected chi connectivity index (χ1v) is 31.0. The molecule has 11 nitrogen and oxygen atoms in total. The molecule has 0 aromatic carbocycles. The predicted octanol–water partition coefficient (Wildman–Crippen LogP) is 14.7. The van der Waals surface area contributed by atoms with E-state index in [9.17, 15) is 35.1 Å². The van der Waals surface area contributed by atoms with Gasteiger partial charge in [-0.1, -0.05) is 240 Å². The van der Waals surface area contributed by atoms with Crippen LogP contribution in [0.4, 0.5) is 0 Å². The van der Waals surface area contributed by atoms with E-state index in [0.29, 0.717) is 12.8 Å². The molecule has 1 rings (SSSR count). The molecule has 11 heteroatoms. The molecule has 8 atom stereocenters. The molecule has 442 valence electrons. The monoisotopic (exact) mass is 1080 g/mol. The number of allylic oxidation sites excluding steroid dienone is 15. The highest BCUT2D eigenvalue weighted by Gasteiger charge is 2.47. The maximum absolute atomic E-state index is 13.4. The number of aliphatic hydroxyl groups is 5. The van der Waals surface area contributed by atoms with Crippen LogP contribution >= 0.6 is 0 Å². The number of ether oxygens (including phenoxy) is 3. The summed E-state index contributed by atoms with van der Waals surface area (Å²) < 4.78 is 17.6. The van der Waals surface area contributed by atoms with Gasteiger partial charge >= 0.3 is 5.97 Å². The molecule has 1 fully saturated rings. The highest BCUT2D eigenvalue weighted by atomic mass is 16.7. The number of carbonyl (C=O) groups is 2. The lowest BCUT2D eigenvalue weighted by Crippen LogP contribution is -2.61. The van der Waals surface area contributed by atoms with Gasteiger partial charge in [0.1, 0.15) is 24.4 Å². The van der Waals surface area contributed by atoms with Crippen LogP contribution in [0.2, 0.25) is 0 Å². The number of rotatable bonds is 51. The van der Waals surface area contributed by atoms with E-state index in [4.69, 9.17) is 14.2 Å². The van der Waals surface area contributed by atoms with E-state index in [1.807, 2.05) is 6.08 Å². The van der Waals surface area contributed by atoms with Gasteiger partial charge in [0, 0.05) is 6.42 Å². The topological polar surface area (TPSA) is 175 Å². The lowest BCUT2D eigenvalue weighted by atomic mass is 9.99. The number of esters is 1. The third-order valence-corrected chi connectivity index (χ3v) is 14.0. The number of hydrogen-bond donors (Lipinski definition) is 6. The first-order valence-electron chi connectivity index (χ1n) is 31.0. The van der Waals surface area contributed by atoms with Gasteiger partial charge in [-0.15, -0.1) is 0 Å². The molecule has 0 radical (unpaired) electrons. The van der Waals surface area contributed by atoms with E-state index in [1.54, 1.807) is 6.08 Å². The summed E-state index contributed by atoms with van der Waals surface area (Å²) in [7, 11) is 0. The van der Waals surface area contributed by atoms with Crippen molar-refractivity contribution in [1.82, 2.24) is 5.32 Å². The molecule has 0 aromatic heterocycles. The zero-order valence-corrected chi connectivity index (χ0v) is 48.8. The summed E-state index contributed by atoms with van der Waals surface area (Å²) in [6, 6.07) is -1.04. The molecule has 8 unspecified atom stereocenters. The second-order valence-electron chi connectivity index (χ2n) is 21.1. The molecular weight excluding hydrogens is 967 g/mol. The molecule has 6 N–H and O–H groups in total. The Balaban J connectivity index is 2.71. The van der Waals surface area contributed by atoms with Crippen LogP contribution in [-0.2, 0) is 23.8 Å². The van der Waals surface area contributed by atoms with Gasteiger partial charge in [-0.25, -0.2) is 0 Å². The van der Waals surface area contributed by atoms with Gasteiger partial charge in [0.25, 0.3) is 0 Å². The Bertz CT molecular complexity index is 1620. The fraction of sp³-hybridized carbons (Fsp3) is 0.727. The van der Waals surface area contributed by atoms with Gasteiger partial charge in [-0.05, 0) is 96.3 Å². The summed E-state index contributed by atoms with van der Waals surface area (Å²) in [6.45, 7) is 5.62. The second-order valence-corrected chi connectivity index (χ2v) is 21.1. The highest BCUT2D eigenvalue weighted by Crippen LogP contribution is 2.26. The second kappa shape index (κ2) is 53.2. The Hall–Kier alpha value is -3.42. The third-order valence-electron chi connectivity index (χ3n) is 14.0. The molecule has 0 aromatic rings. The lowest BCUT2D eigenvalue weighted by Gasteiger charge is -2.41. The number of hydrogen-bond acceptors (Lipinski definition) is 10. The van der Waals surface area contributed by atoms with Crippen LogP contribution in [0.25, 0.3) is 0 Å². The maximum Gasteiger partial charge on any atom is 0.306 e. The molecule has 1 amide bonds. The van der Waals surface area contributed by atoms with Crippen molar-refractivity contribution in [3.05, 3.63) is 97.2 Å². The number of aliphatic hydroxyl groups excluding tert-OH is 5. The van der Waals surface area contributed by atoms with Gasteiger partial charge in [-0.2, -0.15) is 0 Å². The van der Waals surface area contributed by atoms with Crippen LogP contribution in [0.1, 0.15) is 245 Å². The summed E-state index contributed by atoms with van der Waals surface area (Å²) in [5.74, 6) is -1.23. The van der Waals surface area contributed by atoms with Gasteiger partial charge in [0.2, 0.25) is 5.91 Å². The number of carbonyl (C=O) groups excluding carboxylic acids is 2. The van der Waals surface area contributed by atoms with Crippen LogP contribution < -0.4 is 5.32 Å². The van der Waals surface area contributed by atoms with Crippen molar-refractivity contribution in [2.24, 2.45) is 0 Å². The van der Waals surface area contributed by atoms with Crippen molar-refractivity contribution in [2.75, 3.05) is 13.2 Å². The third kappa shape index (κ3) is 41.3. The Morgan fingerprint density at radius 1 is 0.532 bits per heavy atom. The molecule has 77 heavy (non-hydrogen) atoms. The van der Waals surface area contributed by atoms with Crippen molar-refractivity contribution < 1.29 is 49.3 Å². The average Bonchev–Trinajstić information content (AvgIpc) is 3.43. The van der Waals surface area contributed by atoms with Crippen LogP contribution in [0.15, 0.2) is 97.2 Å². The maximum atomic E-state index is 13.4. The first-order chi connectivity index (χ1) is 37.7. The molecule has 0 bridgehead atoms. The average molecular weight is 1080 g/mol. The van der Waals surface area contributed by atoms with Gasteiger partial charge in [-0.3, -0.25) is 9.59 Å². The van der Waals surface area contributed by atoms with E-state index < -0.39 is 67.4 Å². The zero-order chi connectivity index (χ0) is 56.1. The molecule has 0 aliphatic carbocycles. The van der Waals surface area contributed by atoms with Crippen molar-refractivity contribution in [2.45, 2.75) is 294 Å². The summed E-state index contributed by atoms with van der Waals surface area (Å²) in [5, 5.41) is 57.0. The van der Waals surface area contributed by atoms with E-state index in [2.05, 4.69) is 111 Å². The lowest BCUT2D eigenvalue weighted by molar-refractivity contribution is -0.305. The molecule has 1 heterocycles. The van der Waals surface area contributed by atoms with Crippen LogP contribution in [0.5, 0.6) is 0 Å². The molecular formula is C66H113NO10. The van der Waals surface area contributed by atoms with E-state index >= 15 is 0 Å². The Morgan fingerprint density at radius 3 is 1.51 bits per heavy atom. The Morgan fingerprint density at radius 2 is 0.974 bits per heavy atom.